The van der Waals surface area contributed by atoms with E-state index in [1.807, 2.05) is 0 Å². The Balaban J connectivity index is 1.63. The molecule has 1 N–H and O–H groups in total. The lowest BCUT2D eigenvalue weighted by atomic mass is 10.2. The molecular weight excluding hydrogens is 334 g/mol. The number of nitrogens with one attached hydrogen (secondary N) is 1. The number of hydrazine groups is 1. The zero-order chi connectivity index (χ0) is 14.7. The van der Waals surface area contributed by atoms with E-state index in [2.05, 4.69) is 50.4 Å². The average molecular weight is 356 g/mol. The van der Waals surface area contributed by atoms with Crippen LogP contribution in [0.3, 0.4) is 0 Å². The summed E-state index contributed by atoms with van der Waals surface area (Å²) in [5.74, 6) is 1.67. The normalized spacial score (nSPS) is 20.3. The molecule has 1 saturated heterocycles. The molecule has 1 fully saturated rings. The lowest BCUT2D eigenvalue weighted by Gasteiger charge is -2.32. The third kappa shape index (κ3) is 3.88. The Morgan fingerprint density at radius 1 is 1.14 bits per heavy atom. The molecule has 2 aliphatic heterocycles. The third-order valence-corrected chi connectivity index (χ3v) is 4.46. The van der Waals surface area contributed by atoms with E-state index in [9.17, 15) is 0 Å². The first-order valence-electron chi connectivity index (χ1n) is 7.47. The summed E-state index contributed by atoms with van der Waals surface area (Å²) in [6, 6.07) is 4.19. The first-order valence-corrected chi connectivity index (χ1v) is 8.27. The van der Waals surface area contributed by atoms with Gasteiger partial charge in [-0.3, -0.25) is 5.43 Å². The van der Waals surface area contributed by atoms with Crippen molar-refractivity contribution in [2.45, 2.75) is 13.0 Å². The van der Waals surface area contributed by atoms with Crippen molar-refractivity contribution in [2.75, 3.05) is 46.4 Å². The van der Waals surface area contributed by atoms with E-state index in [-0.39, 0.29) is 0 Å². The maximum Gasteiger partial charge on any atom is 0.175 e. The van der Waals surface area contributed by atoms with Crippen LogP contribution in [0.15, 0.2) is 16.6 Å². The molecule has 0 atom stereocenters. The lowest BCUT2D eigenvalue weighted by Crippen LogP contribution is -2.50. The molecule has 0 aliphatic carbocycles. The number of hydrogen-bond acceptors (Lipinski definition) is 5. The van der Waals surface area contributed by atoms with Crippen LogP contribution >= 0.6 is 15.9 Å². The largest absolute Gasteiger partial charge is 0.490 e. The van der Waals surface area contributed by atoms with E-state index in [1.165, 1.54) is 5.56 Å². The van der Waals surface area contributed by atoms with Crippen LogP contribution in [-0.4, -0.2) is 56.3 Å². The smallest absolute Gasteiger partial charge is 0.175 e. The molecule has 1 aromatic carbocycles. The van der Waals surface area contributed by atoms with Gasteiger partial charge in [-0.1, -0.05) is 0 Å². The molecule has 0 unspecified atom stereocenters. The molecule has 21 heavy (non-hydrogen) atoms. The minimum atomic E-state index is 0.713. The molecule has 1 aromatic rings. The molecule has 116 valence electrons. The van der Waals surface area contributed by atoms with E-state index in [0.717, 1.165) is 61.7 Å². The van der Waals surface area contributed by atoms with Crippen molar-refractivity contribution in [1.82, 2.24) is 15.3 Å². The number of ether oxygens (including phenoxy) is 2. The Bertz CT molecular complexity index is 490. The van der Waals surface area contributed by atoms with Gasteiger partial charge < -0.3 is 14.4 Å². The molecular formula is C15H22BrN3O2. The van der Waals surface area contributed by atoms with Crippen LogP contribution in [0.5, 0.6) is 11.5 Å². The summed E-state index contributed by atoms with van der Waals surface area (Å²) in [7, 11) is 2.16. The van der Waals surface area contributed by atoms with Crippen LogP contribution in [0.2, 0.25) is 0 Å². The van der Waals surface area contributed by atoms with Gasteiger partial charge >= 0.3 is 0 Å². The van der Waals surface area contributed by atoms with Crippen molar-refractivity contribution < 1.29 is 9.47 Å². The second-order valence-electron chi connectivity index (χ2n) is 5.58. The molecule has 2 heterocycles. The number of fused-ring (bicyclic) bond motifs is 1. The van der Waals surface area contributed by atoms with Crippen molar-refractivity contribution in [3.05, 3.63) is 22.2 Å². The van der Waals surface area contributed by atoms with Gasteiger partial charge in [0, 0.05) is 39.1 Å². The van der Waals surface area contributed by atoms with Gasteiger partial charge in [0.15, 0.2) is 11.5 Å². The highest BCUT2D eigenvalue weighted by molar-refractivity contribution is 9.10. The monoisotopic (exact) mass is 355 g/mol. The molecule has 6 heteroatoms. The molecule has 0 aromatic heterocycles. The minimum Gasteiger partial charge on any atom is -0.490 e. The molecule has 0 saturated carbocycles. The van der Waals surface area contributed by atoms with E-state index >= 15 is 0 Å². The maximum absolute atomic E-state index is 5.77. The predicted octanol–water partition coefficient (Wildman–Crippen LogP) is 1.86. The van der Waals surface area contributed by atoms with Gasteiger partial charge in [-0.2, -0.15) is 0 Å². The van der Waals surface area contributed by atoms with Gasteiger partial charge in [0.25, 0.3) is 0 Å². The molecule has 2 aliphatic rings. The van der Waals surface area contributed by atoms with Gasteiger partial charge in [0.2, 0.25) is 0 Å². The summed E-state index contributed by atoms with van der Waals surface area (Å²) < 4.78 is 12.5. The summed E-state index contributed by atoms with van der Waals surface area (Å²) in [5.41, 5.74) is 4.70. The summed E-state index contributed by atoms with van der Waals surface area (Å²) in [4.78, 5) is 2.35. The Morgan fingerprint density at radius 3 is 2.71 bits per heavy atom. The standard InChI is InChI=1S/C15H22BrN3O2/c1-18-3-5-19(6-4-18)17-11-12-9-13(16)15-14(10-12)20-7-2-8-21-15/h9-10,17H,2-8,11H2,1H3. The zero-order valence-electron chi connectivity index (χ0n) is 12.4. The fraction of sp³-hybridized carbons (Fsp3) is 0.600. The lowest BCUT2D eigenvalue weighted by molar-refractivity contribution is 0.102. The first kappa shape index (κ1) is 15.1. The Labute approximate surface area is 134 Å². The van der Waals surface area contributed by atoms with Crippen LogP contribution in [-0.2, 0) is 6.54 Å². The van der Waals surface area contributed by atoms with Gasteiger partial charge in [0.1, 0.15) is 0 Å². The summed E-state index contributed by atoms with van der Waals surface area (Å²) in [6.45, 7) is 6.57. The molecule has 0 spiro atoms. The second kappa shape index (κ2) is 6.96. The van der Waals surface area contributed by atoms with Gasteiger partial charge in [-0.25, -0.2) is 5.01 Å². The number of benzene rings is 1. The van der Waals surface area contributed by atoms with E-state index in [1.54, 1.807) is 0 Å². The van der Waals surface area contributed by atoms with Crippen molar-refractivity contribution in [3.8, 4) is 11.5 Å². The Kier molecular flexibility index (Phi) is 5.00. The number of halogens is 1. The summed E-state index contributed by atoms with van der Waals surface area (Å²) >= 11 is 3.59. The van der Waals surface area contributed by atoms with Crippen LogP contribution < -0.4 is 14.9 Å². The van der Waals surface area contributed by atoms with Crippen LogP contribution in [0, 0.1) is 0 Å². The van der Waals surface area contributed by atoms with Crippen molar-refractivity contribution in [1.29, 1.82) is 0 Å². The highest BCUT2D eigenvalue weighted by Gasteiger charge is 2.17. The fourth-order valence-electron chi connectivity index (χ4n) is 2.55. The van der Waals surface area contributed by atoms with Crippen molar-refractivity contribution >= 4 is 15.9 Å². The quantitative estimate of drug-likeness (QED) is 0.895. The Morgan fingerprint density at radius 2 is 1.90 bits per heavy atom. The molecule has 0 bridgehead atoms. The predicted molar refractivity (Wildman–Crippen MR) is 85.7 cm³/mol. The molecule has 5 nitrogen and oxygen atoms in total. The van der Waals surface area contributed by atoms with E-state index in [4.69, 9.17) is 9.47 Å². The fourth-order valence-corrected chi connectivity index (χ4v) is 3.16. The second-order valence-corrected chi connectivity index (χ2v) is 6.43. The zero-order valence-corrected chi connectivity index (χ0v) is 14.0. The van der Waals surface area contributed by atoms with Gasteiger partial charge in [0.05, 0.1) is 17.7 Å². The number of nitrogens with zero attached hydrogens (tertiary/aromatic N) is 2. The van der Waals surface area contributed by atoms with Crippen LogP contribution in [0.25, 0.3) is 0 Å². The van der Waals surface area contributed by atoms with E-state index < -0.39 is 0 Å². The number of hydrogen-bond donors (Lipinski definition) is 1. The molecule has 3 rings (SSSR count). The molecule has 0 amide bonds. The highest BCUT2D eigenvalue weighted by atomic mass is 79.9. The number of likely N-dealkylation sites (N-methyl/N-ethyl adjacent to an activating group) is 1. The van der Waals surface area contributed by atoms with Crippen LogP contribution in [0.1, 0.15) is 12.0 Å². The van der Waals surface area contributed by atoms with Crippen molar-refractivity contribution in [3.63, 3.8) is 0 Å². The first-order chi connectivity index (χ1) is 10.2. The van der Waals surface area contributed by atoms with Gasteiger partial charge in [-0.15, -0.1) is 0 Å². The maximum atomic E-state index is 5.77. The SMILES string of the molecule is CN1CCN(NCc2cc(Br)c3c(c2)OCCCO3)CC1. The van der Waals surface area contributed by atoms with E-state index in [0.29, 0.717) is 6.61 Å². The van der Waals surface area contributed by atoms with Crippen LogP contribution in [0.4, 0.5) is 0 Å². The average Bonchev–Trinajstić information content (AvgIpc) is 2.72. The Hall–Kier alpha value is -0.820. The number of rotatable bonds is 3. The molecule has 0 radical (unpaired) electrons. The summed E-state index contributed by atoms with van der Waals surface area (Å²) in [5, 5.41) is 2.29. The van der Waals surface area contributed by atoms with Crippen molar-refractivity contribution in [2.24, 2.45) is 0 Å². The minimum absolute atomic E-state index is 0.713. The summed E-state index contributed by atoms with van der Waals surface area (Å²) in [6.07, 6.45) is 0.927. The third-order valence-electron chi connectivity index (χ3n) is 3.87. The topological polar surface area (TPSA) is 37.0 Å². The highest BCUT2D eigenvalue weighted by Crippen LogP contribution is 2.38. The number of piperazine rings is 1. The van der Waals surface area contributed by atoms with Gasteiger partial charge in [-0.05, 0) is 40.7 Å².